The third-order valence-electron chi connectivity index (χ3n) is 5.59. The minimum absolute atomic E-state index is 0.166. The summed E-state index contributed by atoms with van der Waals surface area (Å²) in [5, 5.41) is 3.23. The van der Waals surface area contributed by atoms with Crippen LogP contribution in [-0.2, 0) is 0 Å². The number of hydrogen-bond donors (Lipinski definition) is 1. The first-order valence-corrected chi connectivity index (χ1v) is 10.6. The van der Waals surface area contributed by atoms with E-state index in [4.69, 9.17) is 13.9 Å². The molecular formula is C26H20N2O6. The molecule has 5 rings (SSSR count). The summed E-state index contributed by atoms with van der Waals surface area (Å²) in [6.45, 7) is 2.32. The molecule has 8 heteroatoms. The average Bonchev–Trinajstić information content (AvgIpc) is 2.96. The van der Waals surface area contributed by atoms with Crippen molar-refractivity contribution in [1.82, 2.24) is 0 Å². The van der Waals surface area contributed by atoms with Crippen LogP contribution in [0.3, 0.4) is 0 Å². The predicted octanol–water partition coefficient (Wildman–Crippen LogP) is 4.83. The molecule has 0 bridgehead atoms. The number of carbonyl (C=O) groups excluding carboxylic acids is 2. The van der Waals surface area contributed by atoms with Gasteiger partial charge in [0.2, 0.25) is 0 Å². The van der Waals surface area contributed by atoms with E-state index in [0.717, 1.165) is 0 Å². The zero-order valence-corrected chi connectivity index (χ0v) is 18.5. The molecule has 4 aromatic rings. The normalized spacial score (nSPS) is 12.4. The average molecular weight is 456 g/mol. The topological polar surface area (TPSA) is 98.1 Å². The van der Waals surface area contributed by atoms with E-state index in [-0.39, 0.29) is 17.1 Å². The summed E-state index contributed by atoms with van der Waals surface area (Å²) in [6.07, 6.45) is 0. The number of nitrogens with zero attached hydrogens (tertiary/aromatic N) is 1. The highest BCUT2D eigenvalue weighted by molar-refractivity contribution is 6.11. The number of amides is 2. The van der Waals surface area contributed by atoms with E-state index in [1.54, 1.807) is 41.3 Å². The Kier molecular flexibility index (Phi) is 5.25. The van der Waals surface area contributed by atoms with Gasteiger partial charge in [0.1, 0.15) is 11.3 Å². The highest BCUT2D eigenvalue weighted by atomic mass is 16.5. The molecule has 0 radical (unpaired) electrons. The Labute approximate surface area is 194 Å². The summed E-state index contributed by atoms with van der Waals surface area (Å²) in [5.74, 6) is 0.431. The van der Waals surface area contributed by atoms with Crippen LogP contribution in [0, 0.1) is 0 Å². The monoisotopic (exact) mass is 456 g/mol. The third-order valence-corrected chi connectivity index (χ3v) is 5.59. The van der Waals surface area contributed by atoms with Crippen LogP contribution >= 0.6 is 0 Å². The van der Waals surface area contributed by atoms with Crippen molar-refractivity contribution < 1.29 is 23.5 Å². The highest BCUT2D eigenvalue weighted by Crippen LogP contribution is 2.39. The minimum atomic E-state index is -0.795. The molecule has 8 nitrogen and oxygen atoms in total. The van der Waals surface area contributed by atoms with Crippen molar-refractivity contribution in [3.8, 4) is 17.2 Å². The summed E-state index contributed by atoms with van der Waals surface area (Å²) in [7, 11) is 1.47. The van der Waals surface area contributed by atoms with Crippen LogP contribution in [0.5, 0.6) is 17.2 Å². The van der Waals surface area contributed by atoms with Crippen molar-refractivity contribution in [1.29, 1.82) is 0 Å². The minimum Gasteiger partial charge on any atom is -0.493 e. The highest BCUT2D eigenvalue weighted by Gasteiger charge is 2.27. The predicted molar refractivity (Wildman–Crippen MR) is 127 cm³/mol. The van der Waals surface area contributed by atoms with Crippen LogP contribution in [0.25, 0.3) is 11.0 Å². The number of methoxy groups -OCH3 is 1. The molecule has 0 atom stereocenters. The van der Waals surface area contributed by atoms with E-state index in [2.05, 4.69) is 5.32 Å². The Hall–Kier alpha value is -4.59. The molecule has 2 heterocycles. The standard InChI is InChI=1S/C26H20N2O6/c1-3-28-19-8-4-5-9-21(19)33-20-12-11-16(14-17(20)25(28)30)27-24(29)18-13-15-7-6-10-22(32-2)23(15)34-26(18)31/h4-14H,3H2,1-2H3,(H,27,29). The van der Waals surface area contributed by atoms with E-state index in [9.17, 15) is 14.4 Å². The van der Waals surface area contributed by atoms with Gasteiger partial charge in [0, 0.05) is 17.6 Å². The zero-order valence-electron chi connectivity index (χ0n) is 18.5. The number of para-hydroxylation sites is 3. The van der Waals surface area contributed by atoms with Crippen molar-refractivity contribution in [2.24, 2.45) is 0 Å². The lowest BCUT2D eigenvalue weighted by Crippen LogP contribution is -2.29. The fourth-order valence-electron chi connectivity index (χ4n) is 3.95. The molecule has 34 heavy (non-hydrogen) atoms. The van der Waals surface area contributed by atoms with Crippen LogP contribution in [-0.4, -0.2) is 25.5 Å². The van der Waals surface area contributed by atoms with Gasteiger partial charge in [0.05, 0.1) is 18.4 Å². The second kappa shape index (κ2) is 8.40. The maximum Gasteiger partial charge on any atom is 0.349 e. The molecule has 0 saturated carbocycles. The zero-order chi connectivity index (χ0) is 23.8. The van der Waals surface area contributed by atoms with E-state index in [1.165, 1.54) is 19.2 Å². The van der Waals surface area contributed by atoms with Crippen molar-refractivity contribution in [3.05, 3.63) is 88.3 Å². The summed E-state index contributed by atoms with van der Waals surface area (Å²) in [6, 6.07) is 18.6. The molecule has 0 aliphatic carbocycles. The van der Waals surface area contributed by atoms with Gasteiger partial charge in [-0.15, -0.1) is 0 Å². The number of benzene rings is 3. The molecular weight excluding hydrogens is 436 g/mol. The Morgan fingerprint density at radius 2 is 1.82 bits per heavy atom. The van der Waals surface area contributed by atoms with E-state index in [0.29, 0.717) is 46.1 Å². The number of carbonyl (C=O) groups is 2. The molecule has 1 aliphatic rings. The first-order chi connectivity index (χ1) is 16.5. The largest absolute Gasteiger partial charge is 0.493 e. The Morgan fingerprint density at radius 3 is 2.62 bits per heavy atom. The summed E-state index contributed by atoms with van der Waals surface area (Å²) >= 11 is 0. The summed E-state index contributed by atoms with van der Waals surface area (Å²) in [5.41, 5.74) is 0.607. The number of ether oxygens (including phenoxy) is 2. The van der Waals surface area contributed by atoms with Crippen LogP contribution in [0.15, 0.2) is 75.9 Å². The molecule has 0 saturated heterocycles. The van der Waals surface area contributed by atoms with E-state index >= 15 is 0 Å². The third kappa shape index (κ3) is 3.55. The van der Waals surface area contributed by atoms with Gasteiger partial charge < -0.3 is 24.1 Å². The molecule has 0 fully saturated rings. The van der Waals surface area contributed by atoms with Crippen molar-refractivity contribution in [2.45, 2.75) is 6.92 Å². The molecule has 3 aromatic carbocycles. The Balaban J connectivity index is 1.49. The van der Waals surface area contributed by atoms with Gasteiger partial charge in [-0.05, 0) is 49.4 Å². The Morgan fingerprint density at radius 1 is 1.00 bits per heavy atom. The lowest BCUT2D eigenvalue weighted by Gasteiger charge is -2.19. The smallest absolute Gasteiger partial charge is 0.349 e. The summed E-state index contributed by atoms with van der Waals surface area (Å²) in [4.78, 5) is 40.3. The molecule has 0 unspecified atom stereocenters. The van der Waals surface area contributed by atoms with Gasteiger partial charge in [-0.25, -0.2) is 4.79 Å². The van der Waals surface area contributed by atoms with E-state index < -0.39 is 11.5 Å². The second-order valence-electron chi connectivity index (χ2n) is 7.61. The molecule has 1 aliphatic heterocycles. The van der Waals surface area contributed by atoms with Gasteiger partial charge in [-0.1, -0.05) is 24.3 Å². The van der Waals surface area contributed by atoms with Crippen LogP contribution in [0.2, 0.25) is 0 Å². The summed E-state index contributed by atoms with van der Waals surface area (Å²) < 4.78 is 16.5. The second-order valence-corrected chi connectivity index (χ2v) is 7.61. The fourth-order valence-corrected chi connectivity index (χ4v) is 3.95. The lowest BCUT2D eigenvalue weighted by molar-refractivity contribution is 0.0985. The van der Waals surface area contributed by atoms with Crippen molar-refractivity contribution >= 4 is 34.2 Å². The quantitative estimate of drug-likeness (QED) is 0.442. The molecule has 2 amide bonds. The number of rotatable bonds is 4. The SMILES string of the molecule is CCN1C(=O)c2cc(NC(=O)c3cc4cccc(OC)c4oc3=O)ccc2Oc2ccccc21. The fraction of sp³-hybridized carbons (Fsp3) is 0.115. The van der Waals surface area contributed by atoms with Gasteiger partial charge >= 0.3 is 5.63 Å². The number of fused-ring (bicyclic) bond motifs is 3. The number of nitrogens with one attached hydrogen (secondary N) is 1. The lowest BCUT2D eigenvalue weighted by atomic mass is 10.1. The van der Waals surface area contributed by atoms with Gasteiger partial charge in [0.15, 0.2) is 17.1 Å². The maximum absolute atomic E-state index is 13.3. The number of anilines is 2. The van der Waals surface area contributed by atoms with Crippen molar-refractivity contribution in [3.63, 3.8) is 0 Å². The van der Waals surface area contributed by atoms with Gasteiger partial charge in [0.25, 0.3) is 11.8 Å². The van der Waals surface area contributed by atoms with Crippen LogP contribution in [0.1, 0.15) is 27.6 Å². The van der Waals surface area contributed by atoms with Crippen LogP contribution in [0.4, 0.5) is 11.4 Å². The number of hydrogen-bond acceptors (Lipinski definition) is 6. The van der Waals surface area contributed by atoms with Crippen molar-refractivity contribution in [2.75, 3.05) is 23.9 Å². The molecule has 0 spiro atoms. The van der Waals surface area contributed by atoms with Crippen LogP contribution < -0.4 is 25.3 Å². The van der Waals surface area contributed by atoms with Gasteiger partial charge in [-0.2, -0.15) is 0 Å². The molecule has 1 N–H and O–H groups in total. The first-order valence-electron chi connectivity index (χ1n) is 10.6. The maximum atomic E-state index is 13.3. The first kappa shape index (κ1) is 21.3. The van der Waals surface area contributed by atoms with Gasteiger partial charge in [-0.3, -0.25) is 9.59 Å². The Bertz CT molecular complexity index is 1510. The van der Waals surface area contributed by atoms with E-state index in [1.807, 2.05) is 25.1 Å². The molecule has 170 valence electrons. The molecule has 1 aromatic heterocycles.